The van der Waals surface area contributed by atoms with Crippen molar-refractivity contribution in [2.75, 3.05) is 26.6 Å². The molecule has 0 atom stereocenters. The third kappa shape index (κ3) is 6.29. The number of benzene rings is 1. The Morgan fingerprint density at radius 3 is 2.83 bits per heavy atom. The molecule has 7 heteroatoms. The van der Waals surface area contributed by atoms with Crippen molar-refractivity contribution >= 4 is 29.3 Å². The quantitative estimate of drug-likeness (QED) is 0.230. The standard InChI is InChI=1S/C17H23ClFN3O2/c1-13(21-22(2)24-3)15-6-7-16(17(19)11-15)14(5-4-9-18)8-10-20-12-23/h6-8,11-12H,4-5,9-10H2,1-3H3,(H,20,23)/b14-8+,21-13+. The highest BCUT2D eigenvalue weighted by Crippen LogP contribution is 2.24. The fourth-order valence-electron chi connectivity index (χ4n) is 2.14. The van der Waals surface area contributed by atoms with Gasteiger partial charge in [0.25, 0.3) is 0 Å². The van der Waals surface area contributed by atoms with Gasteiger partial charge in [0.2, 0.25) is 6.41 Å². The van der Waals surface area contributed by atoms with Gasteiger partial charge in [-0.1, -0.05) is 18.2 Å². The van der Waals surface area contributed by atoms with Gasteiger partial charge in [0, 0.05) is 23.6 Å². The number of halogens is 2. The smallest absolute Gasteiger partial charge is 0.207 e. The van der Waals surface area contributed by atoms with Crippen molar-refractivity contribution in [1.29, 1.82) is 0 Å². The van der Waals surface area contributed by atoms with Crippen LogP contribution in [0.4, 0.5) is 4.39 Å². The predicted molar refractivity (Wildman–Crippen MR) is 95.4 cm³/mol. The summed E-state index contributed by atoms with van der Waals surface area (Å²) in [6.45, 7) is 2.13. The minimum Gasteiger partial charge on any atom is -0.355 e. The molecular weight excluding hydrogens is 333 g/mol. The lowest BCUT2D eigenvalue weighted by Crippen LogP contribution is -2.12. The molecule has 1 aromatic carbocycles. The molecule has 1 amide bonds. The second-order valence-corrected chi connectivity index (χ2v) is 5.45. The van der Waals surface area contributed by atoms with Crippen LogP contribution in [0.5, 0.6) is 0 Å². The lowest BCUT2D eigenvalue weighted by Gasteiger charge is -2.13. The molecule has 0 bridgehead atoms. The van der Waals surface area contributed by atoms with Crippen molar-refractivity contribution in [3.05, 3.63) is 41.2 Å². The number of amides is 1. The second kappa shape index (κ2) is 10.8. The van der Waals surface area contributed by atoms with Gasteiger partial charge in [-0.25, -0.2) is 4.39 Å². The predicted octanol–water partition coefficient (Wildman–Crippen LogP) is 3.19. The molecule has 0 aromatic heterocycles. The van der Waals surface area contributed by atoms with Gasteiger partial charge in [-0.15, -0.1) is 11.6 Å². The topological polar surface area (TPSA) is 53.9 Å². The molecule has 24 heavy (non-hydrogen) atoms. The molecule has 1 aromatic rings. The maximum atomic E-state index is 14.6. The number of alkyl halides is 1. The molecule has 0 radical (unpaired) electrons. The Bertz CT molecular complexity index is 605. The number of carbonyl (C=O) groups is 1. The van der Waals surface area contributed by atoms with E-state index < -0.39 is 0 Å². The Kier molecular flexibility index (Phi) is 9.04. The normalized spacial score (nSPS) is 12.2. The molecule has 132 valence electrons. The van der Waals surface area contributed by atoms with Crippen LogP contribution < -0.4 is 5.32 Å². The Morgan fingerprint density at radius 1 is 1.50 bits per heavy atom. The molecule has 1 N–H and O–H groups in total. The number of carbonyl (C=O) groups excluding carboxylic acids is 1. The molecule has 0 fully saturated rings. The number of hydrogen-bond acceptors (Lipinski definition) is 4. The molecule has 0 unspecified atom stereocenters. The van der Waals surface area contributed by atoms with Crippen molar-refractivity contribution in [3.8, 4) is 0 Å². The Balaban J connectivity index is 3.07. The molecule has 0 aliphatic rings. The van der Waals surface area contributed by atoms with Crippen molar-refractivity contribution in [2.24, 2.45) is 5.10 Å². The first kappa shape index (κ1) is 20.1. The van der Waals surface area contributed by atoms with Crippen LogP contribution in [0.25, 0.3) is 5.57 Å². The third-order valence-corrected chi connectivity index (χ3v) is 3.68. The number of rotatable bonds is 10. The molecular formula is C17H23ClFN3O2. The number of nitrogens with one attached hydrogen (secondary N) is 1. The number of hydroxylamine groups is 1. The SMILES string of the molecule is CON(C)/N=C(\C)c1ccc(/C(=C/CNC=O)CCCCl)c(F)c1. The van der Waals surface area contributed by atoms with Crippen LogP contribution in [0.1, 0.15) is 30.9 Å². The van der Waals surface area contributed by atoms with E-state index in [0.717, 1.165) is 12.0 Å². The van der Waals surface area contributed by atoms with Gasteiger partial charge in [0.05, 0.1) is 19.9 Å². The largest absolute Gasteiger partial charge is 0.355 e. The van der Waals surface area contributed by atoms with E-state index >= 15 is 0 Å². The summed E-state index contributed by atoms with van der Waals surface area (Å²) in [6, 6.07) is 4.97. The summed E-state index contributed by atoms with van der Waals surface area (Å²) >= 11 is 5.74. The van der Waals surface area contributed by atoms with Gasteiger partial charge in [0.1, 0.15) is 5.82 Å². The minimum atomic E-state index is -0.339. The molecule has 0 spiro atoms. The van der Waals surface area contributed by atoms with Gasteiger partial charge in [-0.05, 0) is 31.4 Å². The fourth-order valence-corrected chi connectivity index (χ4v) is 2.28. The summed E-state index contributed by atoms with van der Waals surface area (Å²) in [4.78, 5) is 15.3. The summed E-state index contributed by atoms with van der Waals surface area (Å²) in [6.07, 6.45) is 3.79. The summed E-state index contributed by atoms with van der Waals surface area (Å²) in [7, 11) is 3.16. The number of nitrogens with zero attached hydrogens (tertiary/aromatic N) is 2. The van der Waals surface area contributed by atoms with E-state index in [4.69, 9.17) is 16.4 Å². The fraction of sp³-hybridized carbons (Fsp3) is 0.412. The van der Waals surface area contributed by atoms with E-state index in [1.807, 2.05) is 6.07 Å². The first-order valence-electron chi connectivity index (χ1n) is 7.58. The molecule has 0 saturated carbocycles. The molecule has 0 heterocycles. The highest BCUT2D eigenvalue weighted by molar-refractivity contribution is 6.17. The van der Waals surface area contributed by atoms with E-state index in [-0.39, 0.29) is 5.82 Å². The van der Waals surface area contributed by atoms with Crippen molar-refractivity contribution in [3.63, 3.8) is 0 Å². The third-order valence-electron chi connectivity index (χ3n) is 3.42. The zero-order valence-electron chi connectivity index (χ0n) is 14.2. The lowest BCUT2D eigenvalue weighted by molar-refractivity contribution is -0.109. The maximum Gasteiger partial charge on any atom is 0.207 e. The second-order valence-electron chi connectivity index (χ2n) is 5.07. The van der Waals surface area contributed by atoms with Crippen molar-refractivity contribution < 1.29 is 14.0 Å². The maximum absolute atomic E-state index is 14.6. The number of allylic oxidation sites excluding steroid dienone is 1. The molecule has 0 aliphatic carbocycles. The summed E-state index contributed by atoms with van der Waals surface area (Å²) in [5.41, 5.74) is 2.63. The number of hydrogen-bond donors (Lipinski definition) is 1. The van der Waals surface area contributed by atoms with Gasteiger partial charge in [-0.3, -0.25) is 9.63 Å². The van der Waals surface area contributed by atoms with Crippen LogP contribution in [0, 0.1) is 5.82 Å². The van der Waals surface area contributed by atoms with Crippen LogP contribution in [0.2, 0.25) is 0 Å². The highest BCUT2D eigenvalue weighted by Gasteiger charge is 2.10. The Hall–Kier alpha value is -1.92. The summed E-state index contributed by atoms with van der Waals surface area (Å²) in [5, 5.41) is 8.03. The highest BCUT2D eigenvalue weighted by atomic mass is 35.5. The lowest BCUT2D eigenvalue weighted by atomic mass is 9.98. The minimum absolute atomic E-state index is 0.339. The van der Waals surface area contributed by atoms with Crippen molar-refractivity contribution in [2.45, 2.75) is 19.8 Å². The van der Waals surface area contributed by atoms with Crippen LogP contribution in [0.3, 0.4) is 0 Å². The van der Waals surface area contributed by atoms with Gasteiger partial charge in [0.15, 0.2) is 0 Å². The van der Waals surface area contributed by atoms with Gasteiger partial charge < -0.3 is 5.32 Å². The van der Waals surface area contributed by atoms with Gasteiger partial charge in [-0.2, -0.15) is 10.3 Å². The van der Waals surface area contributed by atoms with Crippen LogP contribution >= 0.6 is 11.6 Å². The van der Waals surface area contributed by atoms with E-state index in [1.54, 1.807) is 26.1 Å². The summed E-state index contributed by atoms with van der Waals surface area (Å²) < 4.78 is 14.6. The van der Waals surface area contributed by atoms with E-state index in [0.29, 0.717) is 42.1 Å². The molecule has 1 rings (SSSR count). The zero-order valence-corrected chi connectivity index (χ0v) is 14.9. The Labute approximate surface area is 147 Å². The van der Waals surface area contributed by atoms with Gasteiger partial charge >= 0.3 is 0 Å². The molecule has 0 saturated heterocycles. The zero-order chi connectivity index (χ0) is 17.9. The average molecular weight is 356 g/mol. The summed E-state index contributed by atoms with van der Waals surface area (Å²) in [5.74, 6) is 0.154. The first-order valence-corrected chi connectivity index (χ1v) is 8.12. The average Bonchev–Trinajstić information content (AvgIpc) is 2.58. The first-order chi connectivity index (χ1) is 11.5. The molecule has 5 nitrogen and oxygen atoms in total. The van der Waals surface area contributed by atoms with Crippen LogP contribution in [0.15, 0.2) is 29.4 Å². The van der Waals surface area contributed by atoms with E-state index in [2.05, 4.69) is 10.4 Å². The van der Waals surface area contributed by atoms with Crippen LogP contribution in [-0.2, 0) is 9.63 Å². The van der Waals surface area contributed by atoms with E-state index in [1.165, 1.54) is 18.3 Å². The van der Waals surface area contributed by atoms with Crippen LogP contribution in [-0.4, -0.2) is 43.9 Å². The van der Waals surface area contributed by atoms with E-state index in [9.17, 15) is 9.18 Å². The molecule has 0 aliphatic heterocycles. The monoisotopic (exact) mass is 355 g/mol. The van der Waals surface area contributed by atoms with Crippen molar-refractivity contribution in [1.82, 2.24) is 10.5 Å². The Morgan fingerprint density at radius 2 is 2.25 bits per heavy atom. The number of hydrazone groups is 1.